The molecule has 0 aliphatic rings. The molecule has 0 bridgehead atoms. The number of hydrogen-bond donors (Lipinski definition) is 3. The molecule has 1 unspecified atom stereocenters. The van der Waals surface area contributed by atoms with E-state index in [1.807, 2.05) is 13.8 Å². The van der Waals surface area contributed by atoms with Crippen molar-refractivity contribution in [1.82, 2.24) is 16.0 Å². The van der Waals surface area contributed by atoms with Crippen molar-refractivity contribution >= 4 is 11.9 Å². The summed E-state index contributed by atoms with van der Waals surface area (Å²) in [5, 5.41) is 9.31. The number of nitrogens with zero attached hydrogens (tertiary/aromatic N) is 1. The highest BCUT2D eigenvalue weighted by atomic mass is 16.2. The van der Waals surface area contributed by atoms with Gasteiger partial charge < -0.3 is 16.0 Å². The van der Waals surface area contributed by atoms with Gasteiger partial charge in [-0.25, -0.2) is 0 Å². The van der Waals surface area contributed by atoms with E-state index < -0.39 is 5.41 Å². The maximum Gasteiger partial charge on any atom is 0.227 e. The van der Waals surface area contributed by atoms with Crippen LogP contribution in [0.3, 0.4) is 0 Å². The molecule has 0 heterocycles. The number of carbonyl (C=O) groups excluding carboxylic acids is 1. The van der Waals surface area contributed by atoms with E-state index >= 15 is 0 Å². The van der Waals surface area contributed by atoms with Gasteiger partial charge in [-0.3, -0.25) is 9.79 Å². The summed E-state index contributed by atoms with van der Waals surface area (Å²) in [6.45, 7) is 10.9. The molecule has 0 radical (unpaired) electrons. The van der Waals surface area contributed by atoms with E-state index in [2.05, 4.69) is 66.0 Å². The minimum absolute atomic E-state index is 0.00393. The summed E-state index contributed by atoms with van der Waals surface area (Å²) < 4.78 is 0. The van der Waals surface area contributed by atoms with Gasteiger partial charge in [0.25, 0.3) is 0 Å². The predicted octanol–water partition coefficient (Wildman–Crippen LogP) is 2.88. The van der Waals surface area contributed by atoms with E-state index in [-0.39, 0.29) is 11.9 Å². The first kappa shape index (κ1) is 21.0. The highest BCUT2D eigenvalue weighted by Crippen LogP contribution is 2.16. The van der Waals surface area contributed by atoms with Gasteiger partial charge in [0.15, 0.2) is 5.96 Å². The van der Waals surface area contributed by atoms with E-state index in [0.29, 0.717) is 18.4 Å². The molecule has 1 amide bonds. The van der Waals surface area contributed by atoms with E-state index in [1.165, 1.54) is 11.1 Å². The molecule has 140 valence electrons. The molecule has 0 spiro atoms. The molecule has 25 heavy (non-hydrogen) atoms. The predicted molar refractivity (Wildman–Crippen MR) is 106 cm³/mol. The molecule has 0 aliphatic heterocycles. The standard InChI is InChI=1S/C20H34N4O/c1-14(2)12-16-8-10-17(11-9-16)15(3)24-19(22-7)23-13-20(4,5)18(25)21-6/h8-11,14-15H,12-13H2,1-7H3,(H,21,25)(H2,22,23,24). The van der Waals surface area contributed by atoms with E-state index in [0.717, 1.165) is 6.42 Å². The first-order valence-corrected chi connectivity index (χ1v) is 8.97. The fourth-order valence-corrected chi connectivity index (χ4v) is 2.62. The zero-order valence-corrected chi connectivity index (χ0v) is 16.7. The quantitative estimate of drug-likeness (QED) is 0.525. The molecule has 1 aromatic carbocycles. The maximum atomic E-state index is 11.9. The van der Waals surface area contributed by atoms with Crippen LogP contribution in [-0.4, -0.2) is 32.5 Å². The zero-order valence-electron chi connectivity index (χ0n) is 16.7. The maximum absolute atomic E-state index is 11.9. The van der Waals surface area contributed by atoms with Crippen LogP contribution >= 0.6 is 0 Å². The number of nitrogens with one attached hydrogen (secondary N) is 3. The molecule has 3 N–H and O–H groups in total. The minimum Gasteiger partial charge on any atom is -0.359 e. The Hall–Kier alpha value is -2.04. The summed E-state index contributed by atoms with van der Waals surface area (Å²) in [5.41, 5.74) is 2.07. The summed E-state index contributed by atoms with van der Waals surface area (Å²) in [4.78, 5) is 16.1. The van der Waals surface area contributed by atoms with E-state index in [9.17, 15) is 4.79 Å². The average Bonchev–Trinajstić information content (AvgIpc) is 2.57. The summed E-state index contributed by atoms with van der Waals surface area (Å²) in [6.07, 6.45) is 1.10. The van der Waals surface area contributed by atoms with Crippen LogP contribution in [0, 0.1) is 11.3 Å². The molecular formula is C20H34N4O. The van der Waals surface area contributed by atoms with Crippen molar-refractivity contribution in [2.24, 2.45) is 16.3 Å². The van der Waals surface area contributed by atoms with Crippen LogP contribution in [0.4, 0.5) is 0 Å². The van der Waals surface area contributed by atoms with Gasteiger partial charge in [0.1, 0.15) is 0 Å². The Balaban J connectivity index is 2.64. The molecule has 1 rings (SSSR count). The smallest absolute Gasteiger partial charge is 0.227 e. The van der Waals surface area contributed by atoms with Crippen molar-refractivity contribution in [3.63, 3.8) is 0 Å². The number of hydrogen-bond acceptors (Lipinski definition) is 2. The van der Waals surface area contributed by atoms with Gasteiger partial charge in [0.05, 0.1) is 11.5 Å². The zero-order chi connectivity index (χ0) is 19.0. The van der Waals surface area contributed by atoms with Gasteiger partial charge in [-0.05, 0) is 44.2 Å². The number of amides is 1. The van der Waals surface area contributed by atoms with Gasteiger partial charge in [0.2, 0.25) is 5.91 Å². The number of benzene rings is 1. The highest BCUT2D eigenvalue weighted by molar-refractivity contribution is 5.84. The van der Waals surface area contributed by atoms with Gasteiger partial charge in [-0.2, -0.15) is 0 Å². The van der Waals surface area contributed by atoms with Crippen molar-refractivity contribution in [3.8, 4) is 0 Å². The normalized spacial score (nSPS) is 13.5. The summed E-state index contributed by atoms with van der Waals surface area (Å²) in [6, 6.07) is 8.84. The Labute approximate surface area is 152 Å². The van der Waals surface area contributed by atoms with Crippen LogP contribution in [0.1, 0.15) is 51.8 Å². The highest BCUT2D eigenvalue weighted by Gasteiger charge is 2.26. The van der Waals surface area contributed by atoms with Gasteiger partial charge in [0, 0.05) is 20.6 Å². The molecule has 5 heteroatoms. The lowest BCUT2D eigenvalue weighted by Crippen LogP contribution is -2.47. The van der Waals surface area contributed by atoms with Crippen LogP contribution < -0.4 is 16.0 Å². The lowest BCUT2D eigenvalue weighted by molar-refractivity contribution is -0.128. The van der Waals surface area contributed by atoms with Crippen molar-refractivity contribution in [2.45, 2.75) is 47.1 Å². The Morgan fingerprint density at radius 2 is 1.76 bits per heavy atom. The molecule has 0 fully saturated rings. The molecule has 0 saturated heterocycles. The summed E-state index contributed by atoms with van der Waals surface area (Å²) in [7, 11) is 3.39. The van der Waals surface area contributed by atoms with Crippen molar-refractivity contribution < 1.29 is 4.79 Å². The average molecular weight is 347 g/mol. The Morgan fingerprint density at radius 1 is 1.16 bits per heavy atom. The Kier molecular flexibility index (Phi) is 7.94. The minimum atomic E-state index is -0.506. The van der Waals surface area contributed by atoms with Crippen LogP contribution in [0.15, 0.2) is 29.3 Å². The van der Waals surface area contributed by atoms with Crippen LogP contribution in [0.25, 0.3) is 0 Å². The molecular weight excluding hydrogens is 312 g/mol. The van der Waals surface area contributed by atoms with Crippen LogP contribution in [0.2, 0.25) is 0 Å². The third-order valence-electron chi connectivity index (χ3n) is 4.24. The second kappa shape index (κ2) is 9.44. The largest absolute Gasteiger partial charge is 0.359 e. The Morgan fingerprint density at radius 3 is 2.24 bits per heavy atom. The number of carbonyl (C=O) groups is 1. The monoisotopic (exact) mass is 346 g/mol. The van der Waals surface area contributed by atoms with Gasteiger partial charge >= 0.3 is 0 Å². The first-order chi connectivity index (χ1) is 11.7. The molecule has 0 aromatic heterocycles. The number of rotatable bonds is 7. The lowest BCUT2D eigenvalue weighted by Gasteiger charge is -2.25. The third kappa shape index (κ3) is 6.77. The fraction of sp³-hybridized carbons (Fsp3) is 0.600. The van der Waals surface area contributed by atoms with E-state index in [4.69, 9.17) is 0 Å². The third-order valence-corrected chi connectivity index (χ3v) is 4.24. The Bertz CT molecular complexity index is 576. The first-order valence-electron chi connectivity index (χ1n) is 8.97. The van der Waals surface area contributed by atoms with Gasteiger partial charge in [-0.1, -0.05) is 38.1 Å². The molecule has 0 saturated carbocycles. The second-order valence-corrected chi connectivity index (χ2v) is 7.59. The second-order valence-electron chi connectivity index (χ2n) is 7.59. The van der Waals surface area contributed by atoms with Crippen molar-refractivity contribution in [1.29, 1.82) is 0 Å². The summed E-state index contributed by atoms with van der Waals surface area (Å²) in [5.74, 6) is 1.35. The SMILES string of the molecule is CN=C(NCC(C)(C)C(=O)NC)NC(C)c1ccc(CC(C)C)cc1. The lowest BCUT2D eigenvalue weighted by atomic mass is 9.92. The number of aliphatic imine (C=N–C) groups is 1. The molecule has 1 atom stereocenters. The summed E-state index contributed by atoms with van der Waals surface area (Å²) >= 11 is 0. The van der Waals surface area contributed by atoms with Crippen LogP contribution in [-0.2, 0) is 11.2 Å². The topological polar surface area (TPSA) is 65.5 Å². The molecule has 1 aromatic rings. The van der Waals surface area contributed by atoms with Crippen molar-refractivity contribution in [3.05, 3.63) is 35.4 Å². The fourth-order valence-electron chi connectivity index (χ4n) is 2.62. The molecule has 0 aliphatic carbocycles. The van der Waals surface area contributed by atoms with Crippen LogP contribution in [0.5, 0.6) is 0 Å². The van der Waals surface area contributed by atoms with Gasteiger partial charge in [-0.15, -0.1) is 0 Å². The molecule has 5 nitrogen and oxygen atoms in total. The number of guanidine groups is 1. The van der Waals surface area contributed by atoms with E-state index in [1.54, 1.807) is 14.1 Å². The van der Waals surface area contributed by atoms with Crippen molar-refractivity contribution in [2.75, 3.05) is 20.6 Å².